The zero-order valence-electron chi connectivity index (χ0n) is 12.7. The molecule has 0 aromatic heterocycles. The number of carbonyl (C=O) groups is 2. The molecule has 1 saturated heterocycles. The van der Waals surface area contributed by atoms with E-state index in [9.17, 15) is 9.59 Å². The number of hydrogen-bond acceptors (Lipinski definition) is 4. The summed E-state index contributed by atoms with van der Waals surface area (Å²) in [5, 5.41) is 2.57. The number of alkyl carbamates (subject to hydrolysis) is 1. The van der Waals surface area contributed by atoms with E-state index in [2.05, 4.69) is 5.32 Å². The maximum atomic E-state index is 12.0. The van der Waals surface area contributed by atoms with Gasteiger partial charge in [0, 0.05) is 5.69 Å². The standard InChI is InChI=1S/C15H20N2O4/c1-15(2,3)21-14(19)16-12-9-17(13(12)18)10-5-7-11(20-4)8-6-10/h5-8,12H,9H2,1-4H3,(H,16,19)/t12-/m0/s1. The SMILES string of the molecule is COc1ccc(N2C[C@H](NC(=O)OC(C)(C)C)C2=O)cc1. The first-order chi connectivity index (χ1) is 9.80. The lowest BCUT2D eigenvalue weighted by Gasteiger charge is -2.38. The largest absolute Gasteiger partial charge is 0.497 e. The summed E-state index contributed by atoms with van der Waals surface area (Å²) in [6, 6.07) is 6.66. The second-order valence-electron chi connectivity index (χ2n) is 5.85. The van der Waals surface area contributed by atoms with Gasteiger partial charge in [-0.05, 0) is 45.0 Å². The molecule has 114 valence electrons. The van der Waals surface area contributed by atoms with Gasteiger partial charge in [-0.1, -0.05) is 0 Å². The minimum Gasteiger partial charge on any atom is -0.497 e. The van der Waals surface area contributed by atoms with Crippen molar-refractivity contribution in [1.82, 2.24) is 5.32 Å². The lowest BCUT2D eigenvalue weighted by molar-refractivity contribution is -0.124. The lowest BCUT2D eigenvalue weighted by Crippen LogP contribution is -2.64. The maximum absolute atomic E-state index is 12.0. The van der Waals surface area contributed by atoms with Gasteiger partial charge in [-0.15, -0.1) is 0 Å². The molecule has 1 aliphatic heterocycles. The van der Waals surface area contributed by atoms with Gasteiger partial charge in [0.15, 0.2) is 0 Å². The molecule has 1 heterocycles. The molecule has 1 aliphatic rings. The van der Waals surface area contributed by atoms with Crippen LogP contribution in [0.15, 0.2) is 24.3 Å². The highest BCUT2D eigenvalue weighted by molar-refractivity contribution is 6.05. The van der Waals surface area contributed by atoms with Crippen molar-refractivity contribution in [3.05, 3.63) is 24.3 Å². The van der Waals surface area contributed by atoms with Crippen molar-refractivity contribution in [3.63, 3.8) is 0 Å². The molecule has 6 nitrogen and oxygen atoms in total. The van der Waals surface area contributed by atoms with E-state index < -0.39 is 17.7 Å². The number of nitrogens with one attached hydrogen (secondary N) is 1. The summed E-state index contributed by atoms with van der Waals surface area (Å²) in [7, 11) is 1.59. The van der Waals surface area contributed by atoms with Crippen molar-refractivity contribution in [2.45, 2.75) is 32.4 Å². The Kier molecular flexibility index (Phi) is 4.06. The molecule has 2 rings (SSSR count). The summed E-state index contributed by atoms with van der Waals surface area (Å²) < 4.78 is 10.2. The monoisotopic (exact) mass is 292 g/mol. The van der Waals surface area contributed by atoms with Crippen LogP contribution in [0.3, 0.4) is 0 Å². The number of β-lactam (4-membered cyclic amide) rings is 1. The summed E-state index contributed by atoms with van der Waals surface area (Å²) >= 11 is 0. The first-order valence-electron chi connectivity index (χ1n) is 6.75. The highest BCUT2D eigenvalue weighted by atomic mass is 16.6. The van der Waals surface area contributed by atoms with Gasteiger partial charge in [0.1, 0.15) is 17.4 Å². The molecule has 0 aliphatic carbocycles. The zero-order chi connectivity index (χ0) is 15.6. The van der Waals surface area contributed by atoms with Gasteiger partial charge in [-0.2, -0.15) is 0 Å². The van der Waals surface area contributed by atoms with E-state index in [0.717, 1.165) is 11.4 Å². The quantitative estimate of drug-likeness (QED) is 0.864. The van der Waals surface area contributed by atoms with Gasteiger partial charge >= 0.3 is 6.09 Å². The topological polar surface area (TPSA) is 67.9 Å². The smallest absolute Gasteiger partial charge is 0.408 e. The molecular weight excluding hydrogens is 272 g/mol. The van der Waals surface area contributed by atoms with Gasteiger partial charge in [0.05, 0.1) is 13.7 Å². The van der Waals surface area contributed by atoms with E-state index in [0.29, 0.717) is 6.54 Å². The zero-order valence-corrected chi connectivity index (χ0v) is 12.7. The van der Waals surface area contributed by atoms with Crippen molar-refractivity contribution in [3.8, 4) is 5.75 Å². The minimum absolute atomic E-state index is 0.147. The second-order valence-corrected chi connectivity index (χ2v) is 5.85. The van der Waals surface area contributed by atoms with E-state index in [1.807, 2.05) is 0 Å². The highest BCUT2D eigenvalue weighted by Crippen LogP contribution is 2.24. The van der Waals surface area contributed by atoms with E-state index in [1.165, 1.54) is 0 Å². The van der Waals surface area contributed by atoms with Gasteiger partial charge in [-0.3, -0.25) is 4.79 Å². The van der Waals surface area contributed by atoms with Crippen molar-refractivity contribution in [1.29, 1.82) is 0 Å². The number of carbonyl (C=O) groups excluding carboxylic acids is 2. The number of nitrogens with zero attached hydrogens (tertiary/aromatic N) is 1. The Hall–Kier alpha value is -2.24. The molecular formula is C15H20N2O4. The van der Waals surface area contributed by atoms with Gasteiger partial charge in [0.2, 0.25) is 0 Å². The first kappa shape index (κ1) is 15.2. The van der Waals surface area contributed by atoms with Crippen LogP contribution >= 0.6 is 0 Å². The van der Waals surface area contributed by atoms with Gasteiger partial charge < -0.3 is 19.7 Å². The van der Waals surface area contributed by atoms with Crippen molar-refractivity contribution >= 4 is 17.7 Å². The molecule has 1 fully saturated rings. The fourth-order valence-corrected chi connectivity index (χ4v) is 1.98. The molecule has 0 spiro atoms. The van der Waals surface area contributed by atoms with Crippen molar-refractivity contribution in [2.75, 3.05) is 18.6 Å². The molecule has 0 saturated carbocycles. The molecule has 1 atom stereocenters. The van der Waals surface area contributed by atoms with Crippen LogP contribution in [0.2, 0.25) is 0 Å². The minimum atomic E-state index is -0.577. The Morgan fingerprint density at radius 1 is 1.29 bits per heavy atom. The summed E-state index contributed by atoms with van der Waals surface area (Å²) in [6.45, 7) is 5.76. The van der Waals surface area contributed by atoms with Crippen LogP contribution in [0.1, 0.15) is 20.8 Å². The third-order valence-corrected chi connectivity index (χ3v) is 3.00. The number of amides is 2. The summed E-state index contributed by atoms with van der Waals surface area (Å²) in [5.74, 6) is 0.584. The predicted molar refractivity (Wildman–Crippen MR) is 78.5 cm³/mol. The molecule has 1 aromatic rings. The number of methoxy groups -OCH3 is 1. The first-order valence-corrected chi connectivity index (χ1v) is 6.75. The van der Waals surface area contributed by atoms with E-state index in [-0.39, 0.29) is 5.91 Å². The normalized spacial score (nSPS) is 18.0. The average Bonchev–Trinajstić information content (AvgIpc) is 2.41. The fourth-order valence-electron chi connectivity index (χ4n) is 1.98. The van der Waals surface area contributed by atoms with E-state index in [4.69, 9.17) is 9.47 Å². The molecule has 0 bridgehead atoms. The average molecular weight is 292 g/mol. The van der Waals surface area contributed by atoms with E-state index >= 15 is 0 Å². The summed E-state index contributed by atoms with van der Waals surface area (Å²) in [6.07, 6.45) is -0.574. The maximum Gasteiger partial charge on any atom is 0.408 e. The molecule has 6 heteroatoms. The molecule has 0 radical (unpaired) electrons. The van der Waals surface area contributed by atoms with Crippen molar-refractivity contribution < 1.29 is 19.1 Å². The number of anilines is 1. The Balaban J connectivity index is 1.89. The van der Waals surface area contributed by atoms with Crippen LogP contribution in [0, 0.1) is 0 Å². The number of benzene rings is 1. The van der Waals surface area contributed by atoms with Crippen LogP contribution in [0.4, 0.5) is 10.5 Å². The molecule has 0 unspecified atom stereocenters. The van der Waals surface area contributed by atoms with Crippen LogP contribution in [0.25, 0.3) is 0 Å². The second kappa shape index (κ2) is 5.63. The Morgan fingerprint density at radius 2 is 1.90 bits per heavy atom. The van der Waals surface area contributed by atoms with Gasteiger partial charge in [0.25, 0.3) is 5.91 Å². The van der Waals surface area contributed by atoms with Crippen LogP contribution < -0.4 is 15.0 Å². The predicted octanol–water partition coefficient (Wildman–Crippen LogP) is 1.94. The Bertz CT molecular complexity index is 534. The lowest BCUT2D eigenvalue weighted by atomic mass is 10.1. The van der Waals surface area contributed by atoms with E-state index in [1.54, 1.807) is 57.0 Å². The summed E-state index contributed by atoms with van der Waals surface area (Å²) in [5.41, 5.74) is 0.204. The fraction of sp³-hybridized carbons (Fsp3) is 0.467. The van der Waals surface area contributed by atoms with Crippen LogP contribution in [0.5, 0.6) is 5.75 Å². The van der Waals surface area contributed by atoms with Crippen LogP contribution in [-0.2, 0) is 9.53 Å². The Morgan fingerprint density at radius 3 is 2.38 bits per heavy atom. The highest BCUT2D eigenvalue weighted by Gasteiger charge is 2.39. The van der Waals surface area contributed by atoms with Gasteiger partial charge in [-0.25, -0.2) is 4.79 Å². The van der Waals surface area contributed by atoms with Crippen molar-refractivity contribution in [2.24, 2.45) is 0 Å². The molecule has 1 N–H and O–H groups in total. The number of ether oxygens (including phenoxy) is 2. The number of rotatable bonds is 3. The third kappa shape index (κ3) is 3.65. The van der Waals surface area contributed by atoms with Crippen LogP contribution in [-0.4, -0.2) is 37.3 Å². The molecule has 21 heavy (non-hydrogen) atoms. The molecule has 2 amide bonds. The Labute approximate surface area is 124 Å². The summed E-state index contributed by atoms with van der Waals surface area (Å²) in [4.78, 5) is 25.3. The molecule has 1 aromatic carbocycles. The third-order valence-electron chi connectivity index (χ3n) is 3.00. The number of hydrogen-bond donors (Lipinski definition) is 1.